The molecule has 0 spiro atoms. The number of furan rings is 2. The minimum absolute atomic E-state index is 0.253. The molecule has 0 bridgehead atoms. The Hall–Kier alpha value is -2.53. The number of carbonyl (C=O) groups excluding carboxylic acids is 4. The Morgan fingerprint density at radius 3 is 1.16 bits per heavy atom. The number of esters is 4. The standard InChI is InChI=1S/C24H22O5.C19H15IO5.C11H19BO2.S7.S6.S5/c1-14(2)6-9-20-23(27-16(4)25)12-19(13-24(20)28-17(5)26)22-11-18-8-7-15(3)10-21(18)29-22;1-10-4-5-13-7-16(25-15(13)6-10)14-8-17(23-11(2)21)19(20)18(9-14)24-12(3)22;1-9(2)7-8-12-13-10(3,4)11(5,6)14-12;1-3-5-7-6-4-2;1-3-5-6-4-2;1-3-5-4-2/h6-13H,1H2,2-5H3;4-9H,1-3H3;7-8H,1H2,2-6H3;;;/b9-6+;;8-7+;;;. The number of aryl methyl sites for hydroxylation is 2. The lowest BCUT2D eigenvalue weighted by Gasteiger charge is -2.32. The summed E-state index contributed by atoms with van der Waals surface area (Å²) in [6, 6.07) is 22.4. The van der Waals surface area contributed by atoms with Crippen LogP contribution in [0.4, 0.5) is 0 Å². The van der Waals surface area contributed by atoms with Crippen LogP contribution in [-0.2, 0) is 202 Å². The third-order valence-corrected chi connectivity index (χ3v) is 31.7. The van der Waals surface area contributed by atoms with Crippen molar-refractivity contribution in [3.63, 3.8) is 0 Å². The number of hydrogen-bond acceptors (Lipinski definition) is 18. The van der Waals surface area contributed by atoms with Crippen LogP contribution < -0.4 is 18.9 Å². The molecule has 1 fully saturated rings. The van der Waals surface area contributed by atoms with Crippen LogP contribution in [0.1, 0.15) is 85.9 Å². The first kappa shape index (κ1) is 79.6. The molecule has 462 valence electrons. The summed E-state index contributed by atoms with van der Waals surface area (Å²) in [7, 11) is 16.7. The summed E-state index contributed by atoms with van der Waals surface area (Å²) < 4.78 is 45.3. The van der Waals surface area contributed by atoms with Gasteiger partial charge >= 0.3 is 31.0 Å². The van der Waals surface area contributed by atoms with Crippen molar-refractivity contribution in [2.75, 3.05) is 0 Å². The van der Waals surface area contributed by atoms with Gasteiger partial charge in [0.2, 0.25) is 0 Å². The third kappa shape index (κ3) is 29.6. The molecule has 0 N–H and O–H groups in total. The van der Waals surface area contributed by atoms with Crippen LogP contribution in [0.3, 0.4) is 0 Å². The topological polar surface area (TPSA) is 150 Å². The van der Waals surface area contributed by atoms with Crippen LogP contribution in [0.2, 0.25) is 0 Å². The first-order valence-electron chi connectivity index (χ1n) is 24.1. The van der Waals surface area contributed by atoms with E-state index in [-0.39, 0.29) is 29.8 Å². The zero-order valence-corrected chi connectivity index (χ0v) is 64.7. The number of halogens is 1. The maximum absolute atomic E-state index is 11.7. The van der Waals surface area contributed by atoms with Gasteiger partial charge in [0.15, 0.2) is 0 Å². The lowest BCUT2D eigenvalue weighted by molar-refractivity contribution is -0.133. The zero-order chi connectivity index (χ0) is 64.7. The number of ether oxygens (including phenoxy) is 4. The molecule has 4 aromatic carbocycles. The molecular formula is C54H56BIO12S18. The third-order valence-electron chi connectivity index (χ3n) is 10.6. The molecule has 0 saturated carbocycles. The lowest BCUT2D eigenvalue weighted by atomic mass is 9.89. The summed E-state index contributed by atoms with van der Waals surface area (Å²) in [5.74, 6) is 2.36. The molecular weight excluding hydrogens is 1560 g/mol. The van der Waals surface area contributed by atoms with Gasteiger partial charge < -0.3 is 37.1 Å². The van der Waals surface area contributed by atoms with Crippen LogP contribution in [0.25, 0.3) is 50.7 Å². The van der Waals surface area contributed by atoms with Gasteiger partial charge in [-0.3, -0.25) is 19.2 Å². The Balaban J connectivity index is 0.000000397. The minimum atomic E-state index is -0.485. The van der Waals surface area contributed by atoms with Crippen molar-refractivity contribution in [1.82, 2.24) is 0 Å². The predicted molar refractivity (Wildman–Crippen MR) is 407 cm³/mol. The highest BCUT2D eigenvalue weighted by molar-refractivity contribution is 14.1. The summed E-state index contributed by atoms with van der Waals surface area (Å²) in [4.78, 5) is 46.1. The molecule has 1 aliphatic rings. The molecule has 2 aromatic heterocycles. The van der Waals surface area contributed by atoms with E-state index in [0.29, 0.717) is 43.3 Å². The fraction of sp³-hybridized carbons (Fsp3) is 0.259. The maximum atomic E-state index is 11.7. The van der Waals surface area contributed by atoms with Crippen molar-refractivity contribution in [1.29, 1.82) is 0 Å². The van der Waals surface area contributed by atoms with Gasteiger partial charge in [0.05, 0.1) is 20.3 Å². The fourth-order valence-electron chi connectivity index (χ4n) is 6.62. The van der Waals surface area contributed by atoms with E-state index in [1.54, 1.807) is 63.1 Å². The van der Waals surface area contributed by atoms with Crippen LogP contribution in [0, 0.1) is 17.4 Å². The number of fused-ring (bicyclic) bond motifs is 2. The average Bonchev–Trinajstić information content (AvgIpc) is 4.34. The minimum Gasteiger partial charge on any atom is -0.456 e. The average molecular weight is 1610 g/mol. The normalized spacial score (nSPS) is 12.1. The monoisotopic (exact) mass is 1610 g/mol. The zero-order valence-electron chi connectivity index (χ0n) is 47.9. The first-order valence-corrected chi connectivity index (χ1v) is 45.2. The van der Waals surface area contributed by atoms with E-state index < -0.39 is 23.9 Å². The molecule has 1 aliphatic heterocycles. The van der Waals surface area contributed by atoms with Crippen molar-refractivity contribution in [3.8, 4) is 45.6 Å². The molecule has 0 atom stereocenters. The molecule has 3 heterocycles. The van der Waals surface area contributed by atoms with Crippen molar-refractivity contribution >= 4 is 255 Å². The van der Waals surface area contributed by atoms with Crippen molar-refractivity contribution < 1.29 is 56.3 Å². The predicted octanol–water partition coefficient (Wildman–Crippen LogP) is 13.4. The lowest BCUT2D eigenvalue weighted by Crippen LogP contribution is -2.41. The van der Waals surface area contributed by atoms with Crippen molar-refractivity contribution in [2.45, 2.75) is 94.3 Å². The second kappa shape index (κ2) is 41.8. The summed E-state index contributed by atoms with van der Waals surface area (Å²) >= 11 is 29.0. The first-order chi connectivity index (χ1) is 40.5. The molecule has 7 rings (SSSR count). The van der Waals surface area contributed by atoms with E-state index in [0.717, 1.165) is 44.2 Å². The largest absolute Gasteiger partial charge is 0.487 e. The summed E-state index contributed by atoms with van der Waals surface area (Å²) in [5.41, 5.74) is 6.72. The molecule has 12 nitrogen and oxygen atoms in total. The summed E-state index contributed by atoms with van der Waals surface area (Å²) in [6.07, 6.45) is 5.37. The highest BCUT2D eigenvalue weighted by Gasteiger charge is 2.50. The van der Waals surface area contributed by atoms with Crippen molar-refractivity contribution in [3.05, 3.63) is 135 Å². The molecule has 0 amide bonds. The number of benzene rings is 4. The second-order valence-corrected chi connectivity index (χ2v) is 40.5. The quantitative estimate of drug-likeness (QED) is 0.0420. The Morgan fingerprint density at radius 1 is 0.500 bits per heavy atom. The number of hydrogen-bond donors (Lipinski definition) is 0. The summed E-state index contributed by atoms with van der Waals surface area (Å²) in [5, 5.41) is 1.90. The van der Waals surface area contributed by atoms with Gasteiger partial charge in [-0.25, -0.2) is 0 Å². The molecule has 0 radical (unpaired) electrons. The van der Waals surface area contributed by atoms with Gasteiger partial charge in [-0.05, 0) is 144 Å². The van der Waals surface area contributed by atoms with Gasteiger partial charge in [-0.1, -0.05) is 66.7 Å². The van der Waals surface area contributed by atoms with E-state index in [2.05, 4.69) is 80.3 Å². The number of carbonyl (C=O) groups is 4. The maximum Gasteiger partial charge on any atom is 0.487 e. The van der Waals surface area contributed by atoms with Crippen LogP contribution in [0.5, 0.6) is 23.0 Å². The highest BCUT2D eigenvalue weighted by atomic mass is 127. The fourth-order valence-corrected chi connectivity index (χ4v) is 23.6. The Kier molecular flexibility index (Phi) is 38.7. The Bertz CT molecular complexity index is 3980. The number of rotatable bonds is 10. The molecule has 6 aromatic rings. The van der Waals surface area contributed by atoms with E-state index in [1.807, 2.05) is 139 Å². The SMILES string of the molecule is C=C(C)/C=C/B1OC(C)(C)C(C)(C)O1.C=C(C)/C=C/c1c(OC(C)=O)cc(-c2cc3ccc(C)cc3o2)cc1OC(C)=O.CC(=O)Oc1cc(-c2cc3ccc(C)cc3o2)cc(OC(C)=O)c1I.S=S=S=S=S.S=S=S=S=S=S.S=S=S=S=S=S=S. The van der Waals surface area contributed by atoms with E-state index in [4.69, 9.17) is 37.1 Å². The Morgan fingerprint density at radius 2 is 0.837 bits per heavy atom. The molecule has 86 heavy (non-hydrogen) atoms. The molecule has 0 unspecified atom stereocenters. The van der Waals surface area contributed by atoms with E-state index in [1.165, 1.54) is 108 Å². The van der Waals surface area contributed by atoms with E-state index >= 15 is 0 Å². The van der Waals surface area contributed by atoms with Gasteiger partial charge in [0.1, 0.15) is 45.7 Å². The van der Waals surface area contributed by atoms with Crippen LogP contribution in [0.15, 0.2) is 124 Å². The number of allylic oxidation sites excluding steroid dienone is 4. The van der Waals surface area contributed by atoms with E-state index in [9.17, 15) is 19.2 Å². The molecule has 32 heteroatoms. The smallest absolute Gasteiger partial charge is 0.456 e. The molecule has 1 saturated heterocycles. The highest BCUT2D eigenvalue weighted by Crippen LogP contribution is 2.41. The summed E-state index contributed by atoms with van der Waals surface area (Å²) in [6.45, 7) is 28.8. The molecule has 0 aliphatic carbocycles. The van der Waals surface area contributed by atoms with Gasteiger partial charge in [0, 0.05) is 223 Å². The van der Waals surface area contributed by atoms with Crippen LogP contribution >= 0.6 is 22.6 Å². The second-order valence-electron chi connectivity index (χ2n) is 18.2. The van der Waals surface area contributed by atoms with Gasteiger partial charge in [-0.2, -0.15) is 0 Å². The Labute approximate surface area is 579 Å². The van der Waals surface area contributed by atoms with Crippen molar-refractivity contribution in [2.24, 2.45) is 0 Å². The van der Waals surface area contributed by atoms with Crippen LogP contribution in [-0.4, -0.2) is 42.2 Å². The van der Waals surface area contributed by atoms with Gasteiger partial charge in [0.25, 0.3) is 0 Å². The van der Waals surface area contributed by atoms with Gasteiger partial charge in [-0.15, -0.1) is 0 Å².